The maximum atomic E-state index is 13.1. The average Bonchev–Trinajstić information content (AvgIpc) is 2.74. The topological polar surface area (TPSA) is 46.3 Å². The summed E-state index contributed by atoms with van der Waals surface area (Å²) >= 11 is 0. The number of carbonyl (C=O) groups is 1. The predicted octanol–water partition coefficient (Wildman–Crippen LogP) is 2.93. The Hall–Kier alpha value is -0.570. The van der Waals surface area contributed by atoms with Crippen LogP contribution in [-0.2, 0) is 4.79 Å². The molecule has 0 spiro atoms. The number of carbonyl (C=O) groups excluding carboxylic acids is 1. The van der Waals surface area contributed by atoms with E-state index in [0.717, 1.165) is 25.8 Å². The standard InChI is InChI=1S/C16H30N2O/c1-13(2)12-16(8-3-4-9-16)15(19)18(11-10-17)14-6-5-7-14/h13-14H,3-12,17H2,1-2H3. The lowest BCUT2D eigenvalue weighted by Crippen LogP contribution is -2.52. The van der Waals surface area contributed by atoms with Crippen LogP contribution in [0.3, 0.4) is 0 Å². The highest BCUT2D eigenvalue weighted by Crippen LogP contribution is 2.45. The van der Waals surface area contributed by atoms with Gasteiger partial charge in [0.2, 0.25) is 5.91 Å². The first-order valence-electron chi connectivity index (χ1n) is 8.10. The van der Waals surface area contributed by atoms with Crippen LogP contribution in [0.4, 0.5) is 0 Å². The van der Waals surface area contributed by atoms with Crippen LogP contribution >= 0.6 is 0 Å². The van der Waals surface area contributed by atoms with Crippen molar-refractivity contribution < 1.29 is 4.79 Å². The fourth-order valence-corrected chi connectivity index (χ4v) is 3.93. The molecule has 0 bridgehead atoms. The van der Waals surface area contributed by atoms with E-state index >= 15 is 0 Å². The molecule has 0 aromatic carbocycles. The number of nitrogens with two attached hydrogens (primary N) is 1. The van der Waals surface area contributed by atoms with E-state index in [0.29, 0.717) is 24.4 Å². The lowest BCUT2D eigenvalue weighted by atomic mass is 9.76. The second-order valence-corrected chi connectivity index (χ2v) is 6.96. The summed E-state index contributed by atoms with van der Waals surface area (Å²) in [5, 5.41) is 0. The van der Waals surface area contributed by atoms with Gasteiger partial charge in [0.05, 0.1) is 0 Å². The van der Waals surface area contributed by atoms with Crippen molar-refractivity contribution >= 4 is 5.91 Å². The molecule has 0 atom stereocenters. The van der Waals surface area contributed by atoms with Gasteiger partial charge in [0, 0.05) is 24.5 Å². The summed E-state index contributed by atoms with van der Waals surface area (Å²) < 4.78 is 0. The van der Waals surface area contributed by atoms with Crippen molar-refractivity contribution in [1.82, 2.24) is 4.90 Å². The Labute approximate surface area is 117 Å². The molecule has 2 N–H and O–H groups in total. The van der Waals surface area contributed by atoms with E-state index in [1.807, 2.05) is 0 Å². The minimum Gasteiger partial charge on any atom is -0.338 e. The quantitative estimate of drug-likeness (QED) is 0.803. The molecule has 0 heterocycles. The Bertz CT molecular complexity index is 304. The van der Waals surface area contributed by atoms with Crippen molar-refractivity contribution in [3.63, 3.8) is 0 Å². The van der Waals surface area contributed by atoms with Crippen molar-refractivity contribution in [2.75, 3.05) is 13.1 Å². The van der Waals surface area contributed by atoms with Crippen molar-refractivity contribution in [2.45, 2.75) is 71.3 Å². The Morgan fingerprint density at radius 3 is 2.32 bits per heavy atom. The molecule has 0 aromatic rings. The first kappa shape index (κ1) is 14.8. The minimum atomic E-state index is -0.0566. The zero-order chi connectivity index (χ0) is 13.9. The van der Waals surface area contributed by atoms with Gasteiger partial charge in [-0.1, -0.05) is 26.7 Å². The van der Waals surface area contributed by atoms with Crippen molar-refractivity contribution in [2.24, 2.45) is 17.1 Å². The summed E-state index contributed by atoms with van der Waals surface area (Å²) in [6.07, 6.45) is 9.33. The predicted molar refractivity (Wildman–Crippen MR) is 78.8 cm³/mol. The maximum absolute atomic E-state index is 13.1. The molecule has 2 aliphatic carbocycles. The van der Waals surface area contributed by atoms with E-state index in [1.54, 1.807) is 0 Å². The molecule has 0 radical (unpaired) electrons. The summed E-state index contributed by atoms with van der Waals surface area (Å²) in [4.78, 5) is 15.2. The molecule has 3 heteroatoms. The van der Waals surface area contributed by atoms with Gasteiger partial charge >= 0.3 is 0 Å². The monoisotopic (exact) mass is 266 g/mol. The zero-order valence-corrected chi connectivity index (χ0v) is 12.7. The molecule has 0 saturated heterocycles. The molecule has 2 fully saturated rings. The van der Waals surface area contributed by atoms with Gasteiger partial charge < -0.3 is 10.6 Å². The van der Waals surface area contributed by atoms with E-state index in [-0.39, 0.29) is 5.41 Å². The van der Waals surface area contributed by atoms with Crippen LogP contribution in [0.2, 0.25) is 0 Å². The van der Waals surface area contributed by atoms with Gasteiger partial charge in [-0.2, -0.15) is 0 Å². The minimum absolute atomic E-state index is 0.0566. The van der Waals surface area contributed by atoms with Gasteiger partial charge in [-0.05, 0) is 44.4 Å². The summed E-state index contributed by atoms with van der Waals surface area (Å²) in [7, 11) is 0. The molecular weight excluding hydrogens is 236 g/mol. The van der Waals surface area contributed by atoms with E-state index in [9.17, 15) is 4.79 Å². The normalized spacial score (nSPS) is 22.5. The highest BCUT2D eigenvalue weighted by molar-refractivity contribution is 5.83. The lowest BCUT2D eigenvalue weighted by Gasteiger charge is -2.43. The smallest absolute Gasteiger partial charge is 0.229 e. The molecule has 110 valence electrons. The Morgan fingerprint density at radius 1 is 1.26 bits per heavy atom. The van der Waals surface area contributed by atoms with Gasteiger partial charge in [0.1, 0.15) is 0 Å². The summed E-state index contributed by atoms with van der Waals surface area (Å²) in [5.41, 5.74) is 5.68. The molecule has 0 unspecified atom stereocenters. The molecule has 2 saturated carbocycles. The third-order valence-electron chi connectivity index (χ3n) is 4.96. The molecular formula is C16H30N2O. The maximum Gasteiger partial charge on any atom is 0.229 e. The molecule has 2 aliphatic rings. The van der Waals surface area contributed by atoms with E-state index < -0.39 is 0 Å². The Morgan fingerprint density at radius 2 is 1.89 bits per heavy atom. The van der Waals surface area contributed by atoms with Crippen LogP contribution < -0.4 is 5.73 Å². The van der Waals surface area contributed by atoms with E-state index in [1.165, 1.54) is 32.1 Å². The summed E-state index contributed by atoms with van der Waals surface area (Å²) in [6.45, 7) is 5.83. The van der Waals surface area contributed by atoms with Gasteiger partial charge in [-0.3, -0.25) is 4.79 Å². The first-order valence-corrected chi connectivity index (χ1v) is 8.10. The highest BCUT2D eigenvalue weighted by atomic mass is 16.2. The second kappa shape index (κ2) is 6.25. The first-order chi connectivity index (χ1) is 9.09. The van der Waals surface area contributed by atoms with E-state index in [2.05, 4.69) is 18.7 Å². The van der Waals surface area contributed by atoms with Crippen LogP contribution in [0.5, 0.6) is 0 Å². The van der Waals surface area contributed by atoms with Crippen molar-refractivity contribution in [1.29, 1.82) is 0 Å². The van der Waals surface area contributed by atoms with Crippen molar-refractivity contribution in [3.05, 3.63) is 0 Å². The number of rotatable bonds is 6. The molecule has 3 nitrogen and oxygen atoms in total. The van der Waals surface area contributed by atoms with E-state index in [4.69, 9.17) is 5.73 Å². The molecule has 1 amide bonds. The third kappa shape index (κ3) is 3.13. The van der Waals surface area contributed by atoms with Crippen LogP contribution in [0.25, 0.3) is 0 Å². The van der Waals surface area contributed by atoms with Crippen LogP contribution in [0, 0.1) is 11.3 Å². The molecule has 19 heavy (non-hydrogen) atoms. The molecule has 0 aliphatic heterocycles. The Kier molecular flexibility index (Phi) is 4.88. The summed E-state index contributed by atoms with van der Waals surface area (Å²) in [6, 6.07) is 0.487. The Balaban J connectivity index is 2.11. The van der Waals surface area contributed by atoms with Crippen molar-refractivity contribution in [3.8, 4) is 0 Å². The van der Waals surface area contributed by atoms with Crippen LogP contribution in [0.15, 0.2) is 0 Å². The average molecular weight is 266 g/mol. The molecule has 2 rings (SSSR count). The van der Waals surface area contributed by atoms with Gasteiger partial charge in [-0.15, -0.1) is 0 Å². The van der Waals surface area contributed by atoms with Gasteiger partial charge in [0.25, 0.3) is 0 Å². The second-order valence-electron chi connectivity index (χ2n) is 6.96. The van der Waals surface area contributed by atoms with Gasteiger partial charge in [-0.25, -0.2) is 0 Å². The number of nitrogens with zero attached hydrogens (tertiary/aromatic N) is 1. The highest BCUT2D eigenvalue weighted by Gasteiger charge is 2.45. The largest absolute Gasteiger partial charge is 0.338 e. The zero-order valence-electron chi connectivity index (χ0n) is 12.7. The van der Waals surface area contributed by atoms with Gasteiger partial charge in [0.15, 0.2) is 0 Å². The fourth-order valence-electron chi connectivity index (χ4n) is 3.93. The SMILES string of the molecule is CC(C)CC1(C(=O)N(CCN)C2CCC2)CCCC1. The number of hydrogen-bond acceptors (Lipinski definition) is 2. The fraction of sp³-hybridized carbons (Fsp3) is 0.938. The summed E-state index contributed by atoms with van der Waals surface area (Å²) in [5.74, 6) is 1.03. The number of amides is 1. The molecule has 0 aromatic heterocycles. The third-order valence-corrected chi connectivity index (χ3v) is 4.96. The van der Waals surface area contributed by atoms with Crippen LogP contribution in [0.1, 0.15) is 65.2 Å². The number of hydrogen-bond donors (Lipinski definition) is 1. The lowest BCUT2D eigenvalue weighted by molar-refractivity contribution is -0.147. The van der Waals surface area contributed by atoms with Crippen LogP contribution in [-0.4, -0.2) is 29.9 Å².